The summed E-state index contributed by atoms with van der Waals surface area (Å²) in [5.74, 6) is 0.601. The van der Waals surface area contributed by atoms with E-state index in [2.05, 4.69) is 20.8 Å². The molecule has 0 aliphatic heterocycles. The number of hydrogen-bond donors (Lipinski definition) is 0. The van der Waals surface area contributed by atoms with E-state index in [1.54, 1.807) is 84.9 Å². The Morgan fingerprint density at radius 3 is 1.08 bits per heavy atom. The summed E-state index contributed by atoms with van der Waals surface area (Å²) in [4.78, 5) is 0.805. The van der Waals surface area contributed by atoms with Gasteiger partial charge in [-0.3, -0.25) is 0 Å². The molecule has 0 radical (unpaired) electrons. The SMILES string of the molecule is CC(C)(C)Oc1ccc(S(=O)(=O)c2ccc(-c3ccc(S(=O)(=O)c4ccc(C(C)(C)C)cc4)cc3)cc2)cc1. The summed E-state index contributed by atoms with van der Waals surface area (Å²) in [5, 5.41) is 0. The maximum Gasteiger partial charge on any atom is 0.206 e. The van der Waals surface area contributed by atoms with Crippen LogP contribution in [0.5, 0.6) is 5.75 Å². The standard InChI is InChI=1S/C32H34O5S2/c1-31(2,3)25-11-19-29(20-12-25)38(33,34)27-15-7-23(8-16-27)24-9-17-28(18-10-24)39(35,36)30-21-13-26(14-22-30)37-32(4,5)6/h7-22H,1-6H3. The lowest BCUT2D eigenvalue weighted by molar-refractivity contribution is 0.131. The zero-order valence-corrected chi connectivity index (χ0v) is 24.7. The topological polar surface area (TPSA) is 77.5 Å². The molecule has 0 aromatic heterocycles. The molecule has 4 aromatic rings. The van der Waals surface area contributed by atoms with Crippen LogP contribution in [0.15, 0.2) is 117 Å². The molecule has 7 heteroatoms. The van der Waals surface area contributed by atoms with Crippen LogP contribution in [0.1, 0.15) is 47.1 Å². The van der Waals surface area contributed by atoms with Crippen LogP contribution in [0.4, 0.5) is 0 Å². The molecular formula is C32H34O5S2. The van der Waals surface area contributed by atoms with Gasteiger partial charge in [0.25, 0.3) is 0 Å². The van der Waals surface area contributed by atoms with Crippen molar-refractivity contribution >= 4 is 19.7 Å². The minimum Gasteiger partial charge on any atom is -0.488 e. The van der Waals surface area contributed by atoms with Gasteiger partial charge in [0.2, 0.25) is 19.7 Å². The normalized spacial score (nSPS) is 12.8. The van der Waals surface area contributed by atoms with Crippen molar-refractivity contribution < 1.29 is 21.6 Å². The maximum atomic E-state index is 13.1. The molecular weight excluding hydrogens is 528 g/mol. The van der Waals surface area contributed by atoms with Crippen molar-refractivity contribution in [1.82, 2.24) is 0 Å². The molecule has 0 saturated heterocycles. The number of ether oxygens (including phenoxy) is 1. The summed E-state index contributed by atoms with van der Waals surface area (Å²) in [7, 11) is -7.36. The molecule has 204 valence electrons. The highest BCUT2D eigenvalue weighted by Crippen LogP contribution is 2.30. The number of sulfone groups is 2. The van der Waals surface area contributed by atoms with Gasteiger partial charge in [-0.25, -0.2) is 16.8 Å². The van der Waals surface area contributed by atoms with E-state index in [1.807, 2.05) is 32.9 Å². The fourth-order valence-corrected chi connectivity index (χ4v) is 6.62. The zero-order chi connectivity index (χ0) is 28.6. The summed E-state index contributed by atoms with van der Waals surface area (Å²) < 4.78 is 58.3. The summed E-state index contributed by atoms with van der Waals surface area (Å²) in [6, 6.07) is 26.6. The number of rotatable bonds is 6. The van der Waals surface area contributed by atoms with Crippen molar-refractivity contribution in [3.8, 4) is 16.9 Å². The molecule has 0 N–H and O–H groups in total. The van der Waals surface area contributed by atoms with Crippen LogP contribution in [-0.2, 0) is 25.1 Å². The van der Waals surface area contributed by atoms with Crippen molar-refractivity contribution in [2.45, 2.75) is 72.1 Å². The molecule has 0 fully saturated rings. The Morgan fingerprint density at radius 2 is 0.769 bits per heavy atom. The summed E-state index contributed by atoms with van der Waals surface area (Å²) in [5.41, 5.74) is 2.18. The van der Waals surface area contributed by atoms with E-state index >= 15 is 0 Å². The third-order valence-corrected chi connectivity index (χ3v) is 9.82. The molecule has 39 heavy (non-hydrogen) atoms. The molecule has 5 nitrogen and oxygen atoms in total. The Balaban J connectivity index is 1.53. The number of hydrogen-bond acceptors (Lipinski definition) is 5. The first-order valence-corrected chi connectivity index (χ1v) is 15.6. The highest BCUT2D eigenvalue weighted by Gasteiger charge is 2.21. The third kappa shape index (κ3) is 6.43. The van der Waals surface area contributed by atoms with E-state index in [-0.39, 0.29) is 30.6 Å². The van der Waals surface area contributed by atoms with Crippen molar-refractivity contribution in [3.63, 3.8) is 0 Å². The van der Waals surface area contributed by atoms with Crippen LogP contribution >= 0.6 is 0 Å². The van der Waals surface area contributed by atoms with Crippen molar-refractivity contribution in [2.75, 3.05) is 0 Å². The van der Waals surface area contributed by atoms with Crippen LogP contribution < -0.4 is 4.74 Å². The maximum absolute atomic E-state index is 13.1. The van der Waals surface area contributed by atoms with Gasteiger partial charge in [0.15, 0.2) is 0 Å². The average Bonchev–Trinajstić information content (AvgIpc) is 2.88. The molecule has 0 spiro atoms. The van der Waals surface area contributed by atoms with E-state index < -0.39 is 19.7 Å². The van der Waals surface area contributed by atoms with E-state index in [1.165, 1.54) is 0 Å². The van der Waals surface area contributed by atoms with Crippen LogP contribution in [0, 0.1) is 0 Å². The molecule has 0 bridgehead atoms. The lowest BCUT2D eigenvalue weighted by Crippen LogP contribution is -2.22. The quantitative estimate of drug-likeness (QED) is 0.243. The number of benzene rings is 4. The summed E-state index contributed by atoms with van der Waals surface area (Å²) in [6.45, 7) is 12.0. The summed E-state index contributed by atoms with van der Waals surface area (Å²) in [6.07, 6.45) is 0. The molecule has 0 aliphatic carbocycles. The average molecular weight is 563 g/mol. The van der Waals surface area contributed by atoms with Gasteiger partial charge in [-0.15, -0.1) is 0 Å². The van der Waals surface area contributed by atoms with Crippen LogP contribution in [0.25, 0.3) is 11.1 Å². The van der Waals surface area contributed by atoms with Gasteiger partial charge >= 0.3 is 0 Å². The first kappa shape index (κ1) is 28.6. The van der Waals surface area contributed by atoms with Gasteiger partial charge in [0.05, 0.1) is 19.6 Å². The Hall–Kier alpha value is -3.42. The lowest BCUT2D eigenvalue weighted by Gasteiger charge is -2.21. The minimum atomic E-state index is -3.70. The van der Waals surface area contributed by atoms with Gasteiger partial charge in [0.1, 0.15) is 11.4 Å². The fourth-order valence-electron chi connectivity index (χ4n) is 4.10. The Labute approximate surface area is 232 Å². The molecule has 0 saturated carbocycles. The molecule has 0 amide bonds. The van der Waals surface area contributed by atoms with Gasteiger partial charge in [-0.2, -0.15) is 0 Å². The van der Waals surface area contributed by atoms with Gasteiger partial charge < -0.3 is 4.74 Å². The molecule has 4 aromatic carbocycles. The van der Waals surface area contributed by atoms with Crippen molar-refractivity contribution in [3.05, 3.63) is 103 Å². The van der Waals surface area contributed by atoms with E-state index in [9.17, 15) is 16.8 Å². The van der Waals surface area contributed by atoms with E-state index in [4.69, 9.17) is 4.74 Å². The van der Waals surface area contributed by atoms with Crippen molar-refractivity contribution in [1.29, 1.82) is 0 Å². The predicted molar refractivity (Wildman–Crippen MR) is 155 cm³/mol. The fraction of sp³-hybridized carbons (Fsp3) is 0.250. The first-order chi connectivity index (χ1) is 18.1. The molecule has 4 rings (SSSR count). The monoisotopic (exact) mass is 562 g/mol. The Morgan fingerprint density at radius 1 is 0.462 bits per heavy atom. The zero-order valence-electron chi connectivity index (χ0n) is 23.1. The molecule has 0 heterocycles. The minimum absolute atomic E-state index is 0.0650. The smallest absolute Gasteiger partial charge is 0.206 e. The third-order valence-electron chi connectivity index (χ3n) is 6.25. The van der Waals surface area contributed by atoms with Gasteiger partial charge in [-0.1, -0.05) is 57.2 Å². The predicted octanol–water partition coefficient (Wildman–Crippen LogP) is 7.49. The molecule has 0 aliphatic rings. The summed E-state index contributed by atoms with van der Waals surface area (Å²) >= 11 is 0. The highest BCUT2D eigenvalue weighted by atomic mass is 32.2. The van der Waals surface area contributed by atoms with Crippen LogP contribution in [-0.4, -0.2) is 22.4 Å². The lowest BCUT2D eigenvalue weighted by atomic mass is 9.87. The second kappa shape index (κ2) is 10.3. The van der Waals surface area contributed by atoms with Crippen molar-refractivity contribution in [2.24, 2.45) is 0 Å². The Bertz CT molecular complexity index is 1650. The second-order valence-corrected chi connectivity index (χ2v) is 15.4. The Kier molecular flexibility index (Phi) is 7.54. The molecule has 0 atom stereocenters. The van der Waals surface area contributed by atoms with Gasteiger partial charge in [0, 0.05) is 0 Å². The first-order valence-electron chi connectivity index (χ1n) is 12.7. The van der Waals surface area contributed by atoms with Crippen LogP contribution in [0.2, 0.25) is 0 Å². The highest BCUT2D eigenvalue weighted by molar-refractivity contribution is 7.91. The second-order valence-electron chi connectivity index (χ2n) is 11.5. The van der Waals surface area contributed by atoms with Gasteiger partial charge in [-0.05, 0) is 104 Å². The molecule has 0 unspecified atom stereocenters. The largest absolute Gasteiger partial charge is 0.488 e. The van der Waals surface area contributed by atoms with E-state index in [0.717, 1.165) is 16.7 Å². The van der Waals surface area contributed by atoms with E-state index in [0.29, 0.717) is 5.75 Å². The van der Waals surface area contributed by atoms with Crippen LogP contribution in [0.3, 0.4) is 0 Å².